The summed E-state index contributed by atoms with van der Waals surface area (Å²) >= 11 is 5.84. The SMILES string of the molecule is CC1CCCC(Nc2ncnc(Cl)c2N)C1. The van der Waals surface area contributed by atoms with Gasteiger partial charge in [0.1, 0.15) is 12.0 Å². The largest absolute Gasteiger partial charge is 0.393 e. The fraction of sp³-hybridized carbons (Fsp3) is 0.636. The molecule has 1 aliphatic rings. The van der Waals surface area contributed by atoms with Crippen molar-refractivity contribution in [3.63, 3.8) is 0 Å². The first-order valence-corrected chi connectivity index (χ1v) is 6.07. The fourth-order valence-corrected chi connectivity index (χ4v) is 2.38. The van der Waals surface area contributed by atoms with Gasteiger partial charge >= 0.3 is 0 Å². The number of rotatable bonds is 2. The van der Waals surface area contributed by atoms with Gasteiger partial charge in [0.05, 0.1) is 0 Å². The van der Waals surface area contributed by atoms with Gasteiger partial charge in [0, 0.05) is 6.04 Å². The van der Waals surface area contributed by atoms with E-state index in [-0.39, 0.29) is 0 Å². The first-order chi connectivity index (χ1) is 7.66. The zero-order chi connectivity index (χ0) is 11.5. The highest BCUT2D eigenvalue weighted by Crippen LogP contribution is 2.28. The molecule has 88 valence electrons. The predicted molar refractivity (Wildman–Crippen MR) is 66.5 cm³/mol. The lowest BCUT2D eigenvalue weighted by atomic mass is 9.87. The molecule has 1 aromatic rings. The second kappa shape index (κ2) is 4.87. The third-order valence-corrected chi connectivity index (χ3v) is 3.41. The molecule has 0 bridgehead atoms. The van der Waals surface area contributed by atoms with Crippen LogP contribution in [0.15, 0.2) is 6.33 Å². The molecule has 4 nitrogen and oxygen atoms in total. The third kappa shape index (κ3) is 2.55. The van der Waals surface area contributed by atoms with Gasteiger partial charge in [0.15, 0.2) is 11.0 Å². The number of aromatic nitrogens is 2. The van der Waals surface area contributed by atoms with E-state index in [1.807, 2.05) is 0 Å². The van der Waals surface area contributed by atoms with Crippen molar-refractivity contribution in [2.24, 2.45) is 5.92 Å². The van der Waals surface area contributed by atoms with Crippen LogP contribution in [0.5, 0.6) is 0 Å². The molecule has 2 rings (SSSR count). The maximum Gasteiger partial charge on any atom is 0.157 e. The Bertz CT molecular complexity index is 369. The van der Waals surface area contributed by atoms with Crippen molar-refractivity contribution >= 4 is 23.1 Å². The van der Waals surface area contributed by atoms with E-state index < -0.39 is 0 Å². The number of hydrogen-bond donors (Lipinski definition) is 2. The lowest BCUT2D eigenvalue weighted by molar-refractivity contribution is 0.358. The topological polar surface area (TPSA) is 63.8 Å². The van der Waals surface area contributed by atoms with E-state index in [1.54, 1.807) is 0 Å². The van der Waals surface area contributed by atoms with Crippen molar-refractivity contribution in [3.8, 4) is 0 Å². The molecule has 3 N–H and O–H groups in total. The summed E-state index contributed by atoms with van der Waals surface area (Å²) in [7, 11) is 0. The monoisotopic (exact) mass is 240 g/mol. The Morgan fingerprint density at radius 3 is 3.00 bits per heavy atom. The van der Waals surface area contributed by atoms with Crippen LogP contribution in [0, 0.1) is 5.92 Å². The molecule has 2 atom stereocenters. The summed E-state index contributed by atoms with van der Waals surface area (Å²) in [5.74, 6) is 1.43. The molecule has 0 amide bonds. The minimum absolute atomic E-state index is 0.321. The predicted octanol–water partition coefficient (Wildman–Crippen LogP) is 2.70. The molecule has 1 aliphatic carbocycles. The standard InChI is InChI=1S/C11H17ClN4/c1-7-3-2-4-8(5-7)16-11-9(13)10(12)14-6-15-11/h6-8H,2-5,13H2,1H3,(H,14,15,16). The molecule has 1 aromatic heterocycles. The molecule has 0 radical (unpaired) electrons. The number of nitrogens with one attached hydrogen (secondary N) is 1. The number of halogens is 1. The normalized spacial score (nSPS) is 25.4. The van der Waals surface area contributed by atoms with Crippen LogP contribution in [-0.4, -0.2) is 16.0 Å². The molecule has 0 aliphatic heterocycles. The molecule has 1 fully saturated rings. The summed E-state index contributed by atoms with van der Waals surface area (Å²) in [5.41, 5.74) is 6.26. The number of nitrogens with zero attached hydrogens (tertiary/aromatic N) is 2. The van der Waals surface area contributed by atoms with Crippen LogP contribution in [0.1, 0.15) is 32.6 Å². The van der Waals surface area contributed by atoms with Crippen molar-refractivity contribution < 1.29 is 0 Å². The van der Waals surface area contributed by atoms with Crippen LogP contribution in [0.4, 0.5) is 11.5 Å². The Kier molecular flexibility index (Phi) is 3.49. The Labute approximate surface area is 101 Å². The first-order valence-electron chi connectivity index (χ1n) is 5.69. The maximum atomic E-state index is 5.84. The van der Waals surface area contributed by atoms with E-state index in [2.05, 4.69) is 22.2 Å². The molecular weight excluding hydrogens is 224 g/mol. The van der Waals surface area contributed by atoms with Gasteiger partial charge in [-0.1, -0.05) is 31.4 Å². The van der Waals surface area contributed by atoms with Gasteiger partial charge in [-0.25, -0.2) is 9.97 Å². The number of hydrogen-bond acceptors (Lipinski definition) is 4. The van der Waals surface area contributed by atoms with E-state index in [9.17, 15) is 0 Å². The highest BCUT2D eigenvalue weighted by atomic mass is 35.5. The van der Waals surface area contributed by atoms with Gasteiger partial charge in [-0.2, -0.15) is 0 Å². The zero-order valence-corrected chi connectivity index (χ0v) is 10.2. The summed E-state index contributed by atoms with van der Waals surface area (Å²) in [6.07, 6.45) is 6.36. The molecule has 0 aromatic carbocycles. The second-order valence-electron chi connectivity index (χ2n) is 4.54. The van der Waals surface area contributed by atoms with Crippen LogP contribution in [-0.2, 0) is 0 Å². The highest BCUT2D eigenvalue weighted by Gasteiger charge is 2.20. The van der Waals surface area contributed by atoms with Crippen molar-refractivity contribution in [1.82, 2.24) is 9.97 Å². The van der Waals surface area contributed by atoms with E-state index in [1.165, 1.54) is 32.0 Å². The van der Waals surface area contributed by atoms with Crippen LogP contribution < -0.4 is 11.1 Å². The Morgan fingerprint density at radius 1 is 1.44 bits per heavy atom. The van der Waals surface area contributed by atoms with Crippen LogP contribution in [0.3, 0.4) is 0 Å². The summed E-state index contributed by atoms with van der Waals surface area (Å²) in [6.45, 7) is 2.28. The molecule has 1 saturated carbocycles. The third-order valence-electron chi connectivity index (χ3n) is 3.11. The van der Waals surface area contributed by atoms with Crippen LogP contribution >= 0.6 is 11.6 Å². The maximum absolute atomic E-state index is 5.84. The molecular formula is C11H17ClN4. The number of nitrogen functional groups attached to an aromatic ring is 1. The molecule has 1 heterocycles. The summed E-state index contributed by atoms with van der Waals surface area (Å²) in [4.78, 5) is 7.96. The minimum Gasteiger partial charge on any atom is -0.393 e. The number of nitrogens with two attached hydrogens (primary N) is 1. The zero-order valence-electron chi connectivity index (χ0n) is 9.41. The first kappa shape index (κ1) is 11.5. The number of anilines is 2. The van der Waals surface area contributed by atoms with Gasteiger partial charge in [-0.15, -0.1) is 0 Å². The van der Waals surface area contributed by atoms with E-state index >= 15 is 0 Å². The summed E-state index contributed by atoms with van der Waals surface area (Å²) in [6, 6.07) is 0.456. The lowest BCUT2D eigenvalue weighted by Crippen LogP contribution is -2.27. The average Bonchev–Trinajstić information content (AvgIpc) is 2.25. The molecule has 0 saturated heterocycles. The molecule has 16 heavy (non-hydrogen) atoms. The summed E-state index contributed by atoms with van der Waals surface area (Å²) in [5, 5.41) is 3.68. The van der Waals surface area contributed by atoms with E-state index in [4.69, 9.17) is 17.3 Å². The van der Waals surface area contributed by atoms with E-state index in [0.717, 1.165) is 5.92 Å². The highest BCUT2D eigenvalue weighted by molar-refractivity contribution is 6.32. The van der Waals surface area contributed by atoms with Crippen LogP contribution in [0.25, 0.3) is 0 Å². The van der Waals surface area contributed by atoms with Gasteiger partial charge in [0.2, 0.25) is 0 Å². The fourth-order valence-electron chi connectivity index (χ4n) is 2.25. The van der Waals surface area contributed by atoms with Crippen molar-refractivity contribution in [2.45, 2.75) is 38.6 Å². The van der Waals surface area contributed by atoms with E-state index in [0.29, 0.717) is 22.7 Å². The van der Waals surface area contributed by atoms with Crippen LogP contribution in [0.2, 0.25) is 5.15 Å². The van der Waals surface area contributed by atoms with Crippen molar-refractivity contribution in [1.29, 1.82) is 0 Å². The molecule has 0 spiro atoms. The van der Waals surface area contributed by atoms with Gasteiger partial charge < -0.3 is 11.1 Å². The smallest absolute Gasteiger partial charge is 0.157 e. The Balaban J connectivity index is 2.05. The van der Waals surface area contributed by atoms with Crippen molar-refractivity contribution in [2.75, 3.05) is 11.1 Å². The summed E-state index contributed by atoms with van der Waals surface area (Å²) < 4.78 is 0. The quantitative estimate of drug-likeness (QED) is 0.781. The van der Waals surface area contributed by atoms with Crippen molar-refractivity contribution in [3.05, 3.63) is 11.5 Å². The minimum atomic E-state index is 0.321. The van der Waals surface area contributed by atoms with Gasteiger partial charge in [-0.05, 0) is 18.8 Å². The Hall–Kier alpha value is -1.03. The van der Waals surface area contributed by atoms with Gasteiger partial charge in [0.25, 0.3) is 0 Å². The second-order valence-corrected chi connectivity index (χ2v) is 4.90. The molecule has 5 heteroatoms. The Morgan fingerprint density at radius 2 is 2.25 bits per heavy atom. The lowest BCUT2D eigenvalue weighted by Gasteiger charge is -2.28. The average molecular weight is 241 g/mol. The molecule has 2 unspecified atom stereocenters. The van der Waals surface area contributed by atoms with Gasteiger partial charge in [-0.3, -0.25) is 0 Å².